The topological polar surface area (TPSA) is 21.7 Å². The standard InChI is InChI=1S/C27H34NO2/c1-19(2)30-27-10-8-7-9-24(27)25-18-22(23-16-20(3)15-21(4)17-23)11-12-26(25)29-14-13-28(5)6/h7,9-12,15-19H,8,13-14H2,1-6H3. The molecular formula is C27H34NO2. The van der Waals surface area contributed by atoms with Gasteiger partial charge in [0, 0.05) is 24.1 Å². The average Bonchev–Trinajstić information content (AvgIpc) is 2.67. The van der Waals surface area contributed by atoms with Crippen LogP contribution in [0.15, 0.2) is 54.3 Å². The molecule has 0 unspecified atom stereocenters. The van der Waals surface area contributed by atoms with Crippen LogP contribution in [0.5, 0.6) is 5.75 Å². The fraction of sp³-hybridized carbons (Fsp3) is 0.370. The van der Waals surface area contributed by atoms with Crippen molar-refractivity contribution in [3.05, 3.63) is 77.4 Å². The van der Waals surface area contributed by atoms with Crippen LogP contribution in [0.4, 0.5) is 0 Å². The average molecular weight is 405 g/mol. The van der Waals surface area contributed by atoms with Crippen molar-refractivity contribution in [2.45, 2.75) is 40.2 Å². The first-order valence-corrected chi connectivity index (χ1v) is 10.7. The number of aryl methyl sites for hydroxylation is 2. The van der Waals surface area contributed by atoms with E-state index in [2.05, 4.69) is 102 Å². The van der Waals surface area contributed by atoms with E-state index in [4.69, 9.17) is 9.47 Å². The number of hydrogen-bond acceptors (Lipinski definition) is 3. The second kappa shape index (κ2) is 9.99. The van der Waals surface area contributed by atoms with E-state index in [0.717, 1.165) is 35.6 Å². The fourth-order valence-corrected chi connectivity index (χ4v) is 3.67. The molecule has 0 atom stereocenters. The Morgan fingerprint density at radius 2 is 1.70 bits per heavy atom. The third kappa shape index (κ3) is 5.76. The van der Waals surface area contributed by atoms with Gasteiger partial charge in [0.2, 0.25) is 0 Å². The van der Waals surface area contributed by atoms with Gasteiger partial charge in [-0.2, -0.15) is 0 Å². The summed E-state index contributed by atoms with van der Waals surface area (Å²) >= 11 is 0. The van der Waals surface area contributed by atoms with Gasteiger partial charge in [0.1, 0.15) is 18.1 Å². The van der Waals surface area contributed by atoms with E-state index >= 15 is 0 Å². The monoisotopic (exact) mass is 404 g/mol. The molecule has 3 heteroatoms. The maximum atomic E-state index is 6.21. The van der Waals surface area contributed by atoms with Crippen molar-refractivity contribution in [2.24, 2.45) is 0 Å². The zero-order valence-electron chi connectivity index (χ0n) is 19.2. The molecule has 0 amide bonds. The lowest BCUT2D eigenvalue weighted by atomic mass is 9.93. The van der Waals surface area contributed by atoms with Crippen LogP contribution in [-0.4, -0.2) is 38.3 Å². The van der Waals surface area contributed by atoms with Crippen LogP contribution < -0.4 is 4.74 Å². The minimum atomic E-state index is 0.124. The minimum absolute atomic E-state index is 0.124. The molecule has 159 valence electrons. The third-order valence-corrected chi connectivity index (χ3v) is 4.97. The molecule has 30 heavy (non-hydrogen) atoms. The van der Waals surface area contributed by atoms with Gasteiger partial charge in [0.25, 0.3) is 0 Å². The summed E-state index contributed by atoms with van der Waals surface area (Å²) in [5.41, 5.74) is 7.12. The van der Waals surface area contributed by atoms with Gasteiger partial charge in [-0.25, -0.2) is 0 Å². The highest BCUT2D eigenvalue weighted by Gasteiger charge is 2.18. The fourth-order valence-electron chi connectivity index (χ4n) is 3.67. The van der Waals surface area contributed by atoms with Gasteiger partial charge in [0.05, 0.1) is 6.10 Å². The number of nitrogens with zero attached hydrogens (tertiary/aromatic N) is 1. The first-order valence-electron chi connectivity index (χ1n) is 10.7. The summed E-state index contributed by atoms with van der Waals surface area (Å²) in [5, 5.41) is 0. The molecule has 0 N–H and O–H groups in total. The Kier molecular flexibility index (Phi) is 7.38. The van der Waals surface area contributed by atoms with Gasteiger partial charge >= 0.3 is 0 Å². The molecule has 0 fully saturated rings. The Morgan fingerprint density at radius 3 is 2.37 bits per heavy atom. The van der Waals surface area contributed by atoms with Gasteiger partial charge in [0.15, 0.2) is 0 Å². The number of hydrogen-bond donors (Lipinski definition) is 0. The van der Waals surface area contributed by atoms with Crippen LogP contribution in [0, 0.1) is 20.3 Å². The van der Waals surface area contributed by atoms with Crippen LogP contribution in [-0.2, 0) is 4.74 Å². The van der Waals surface area contributed by atoms with Crippen molar-refractivity contribution in [3.8, 4) is 16.9 Å². The predicted octanol–water partition coefficient (Wildman–Crippen LogP) is 6.21. The summed E-state index contributed by atoms with van der Waals surface area (Å²) in [5.74, 6) is 1.83. The quantitative estimate of drug-likeness (QED) is 0.522. The second-order valence-corrected chi connectivity index (χ2v) is 8.53. The second-order valence-electron chi connectivity index (χ2n) is 8.53. The van der Waals surface area contributed by atoms with E-state index in [1.807, 2.05) is 0 Å². The number of benzene rings is 2. The Morgan fingerprint density at radius 1 is 0.967 bits per heavy atom. The first kappa shape index (κ1) is 22.2. The van der Waals surface area contributed by atoms with E-state index in [-0.39, 0.29) is 6.10 Å². The van der Waals surface area contributed by atoms with Crippen molar-refractivity contribution in [1.29, 1.82) is 0 Å². The first-order chi connectivity index (χ1) is 14.3. The van der Waals surface area contributed by atoms with Gasteiger partial charge in [-0.1, -0.05) is 47.5 Å². The molecule has 2 aromatic carbocycles. The predicted molar refractivity (Wildman–Crippen MR) is 127 cm³/mol. The van der Waals surface area contributed by atoms with E-state index in [1.165, 1.54) is 22.3 Å². The largest absolute Gasteiger partial charge is 0.494 e. The highest BCUT2D eigenvalue weighted by molar-refractivity contribution is 5.84. The molecule has 0 spiro atoms. The summed E-state index contributed by atoms with van der Waals surface area (Å²) in [6.45, 7) is 9.94. The smallest absolute Gasteiger partial charge is 0.127 e. The highest BCUT2D eigenvalue weighted by Crippen LogP contribution is 2.37. The molecule has 0 aromatic heterocycles. The van der Waals surface area contributed by atoms with E-state index in [9.17, 15) is 0 Å². The van der Waals surface area contributed by atoms with Gasteiger partial charge < -0.3 is 14.4 Å². The Hall–Kier alpha value is -2.52. The van der Waals surface area contributed by atoms with Crippen LogP contribution >= 0.6 is 0 Å². The van der Waals surface area contributed by atoms with Crippen molar-refractivity contribution in [2.75, 3.05) is 27.2 Å². The molecule has 0 saturated heterocycles. The molecule has 0 saturated carbocycles. The zero-order valence-corrected chi connectivity index (χ0v) is 19.2. The lowest BCUT2D eigenvalue weighted by Gasteiger charge is -2.22. The van der Waals surface area contributed by atoms with Crippen LogP contribution in [0.25, 0.3) is 16.7 Å². The maximum Gasteiger partial charge on any atom is 0.127 e. The van der Waals surface area contributed by atoms with Crippen molar-refractivity contribution in [1.82, 2.24) is 4.90 Å². The van der Waals surface area contributed by atoms with E-state index in [1.54, 1.807) is 0 Å². The molecule has 1 aliphatic rings. The lowest BCUT2D eigenvalue weighted by molar-refractivity contribution is 0.153. The number of likely N-dealkylation sites (N-methyl/N-ethyl adjacent to an activating group) is 1. The maximum absolute atomic E-state index is 6.21. The molecule has 1 radical (unpaired) electrons. The normalized spacial score (nSPS) is 14.0. The van der Waals surface area contributed by atoms with Gasteiger partial charge in [-0.3, -0.25) is 0 Å². The lowest BCUT2D eigenvalue weighted by Crippen LogP contribution is -2.19. The van der Waals surface area contributed by atoms with E-state index in [0.29, 0.717) is 6.61 Å². The third-order valence-electron chi connectivity index (χ3n) is 4.97. The van der Waals surface area contributed by atoms with Crippen molar-refractivity contribution >= 4 is 5.57 Å². The van der Waals surface area contributed by atoms with Gasteiger partial charge in [-0.05, 0) is 71.5 Å². The summed E-state index contributed by atoms with van der Waals surface area (Å²) < 4.78 is 12.4. The Balaban J connectivity index is 2.08. The minimum Gasteiger partial charge on any atom is -0.494 e. The van der Waals surface area contributed by atoms with Crippen molar-refractivity contribution < 1.29 is 9.47 Å². The van der Waals surface area contributed by atoms with E-state index < -0.39 is 0 Å². The van der Waals surface area contributed by atoms with Crippen LogP contribution in [0.2, 0.25) is 0 Å². The summed E-state index contributed by atoms with van der Waals surface area (Å²) in [6.07, 6.45) is 7.51. The highest BCUT2D eigenvalue weighted by atomic mass is 16.5. The van der Waals surface area contributed by atoms with Crippen LogP contribution in [0.3, 0.4) is 0 Å². The number of allylic oxidation sites excluding steroid dienone is 4. The molecular weight excluding hydrogens is 370 g/mol. The molecule has 0 heterocycles. The zero-order chi connectivity index (χ0) is 21.7. The van der Waals surface area contributed by atoms with Crippen molar-refractivity contribution in [3.63, 3.8) is 0 Å². The van der Waals surface area contributed by atoms with Crippen LogP contribution in [0.1, 0.15) is 37.0 Å². The molecule has 2 aromatic rings. The molecule has 1 aliphatic carbocycles. The summed E-state index contributed by atoms with van der Waals surface area (Å²) in [6, 6.07) is 13.2. The number of ether oxygens (including phenoxy) is 2. The molecule has 0 bridgehead atoms. The SMILES string of the molecule is Cc1cc(C)cc(-c2ccc(OCCN(C)C)c(C3=C(OC(C)C)[CH]CC=C3)c2)c1. The molecule has 3 nitrogen and oxygen atoms in total. The Bertz CT molecular complexity index is 918. The Labute approximate surface area is 182 Å². The summed E-state index contributed by atoms with van der Waals surface area (Å²) in [4.78, 5) is 2.13. The molecule has 0 aliphatic heterocycles. The molecule has 3 rings (SSSR count). The number of rotatable bonds is 8. The van der Waals surface area contributed by atoms with Gasteiger partial charge in [-0.15, -0.1) is 0 Å². The summed E-state index contributed by atoms with van der Waals surface area (Å²) in [7, 11) is 4.12.